The van der Waals surface area contributed by atoms with Crippen molar-refractivity contribution in [3.05, 3.63) is 0 Å². The summed E-state index contributed by atoms with van der Waals surface area (Å²) in [7, 11) is 0. The molecule has 1 heterocycles. The molecular weight excluding hydrogens is 351 g/mol. The minimum Gasteiger partial charge on any atom is -0.480 e. The number of nitrogens with zero attached hydrogens (tertiary/aromatic N) is 1. The lowest BCUT2D eigenvalue weighted by atomic mass is 10.2. The van der Waals surface area contributed by atoms with E-state index in [9.17, 15) is 27.6 Å². The van der Waals surface area contributed by atoms with E-state index in [1.807, 2.05) is 0 Å². The summed E-state index contributed by atoms with van der Waals surface area (Å²) in [6, 6.07) is -2.25. The molecule has 1 aliphatic rings. The number of carboxylic acid groups (broad SMARTS) is 2. The third-order valence-electron chi connectivity index (χ3n) is 3.21. The molecule has 5 N–H and O–H groups in total. The molecule has 0 radical (unpaired) electrons. The first-order valence-electron chi connectivity index (χ1n) is 7.18. The molecule has 1 saturated heterocycles. The third kappa shape index (κ3) is 7.37. The molecule has 1 rings (SSSR count). The van der Waals surface area contributed by atoms with Crippen molar-refractivity contribution in [2.75, 3.05) is 6.54 Å². The molecule has 1 fully saturated rings. The molecule has 25 heavy (non-hydrogen) atoms. The molecule has 0 aromatic rings. The van der Waals surface area contributed by atoms with Gasteiger partial charge in [-0.25, -0.2) is 9.59 Å². The highest BCUT2D eigenvalue weighted by Crippen LogP contribution is 2.18. The van der Waals surface area contributed by atoms with Gasteiger partial charge in [-0.3, -0.25) is 9.59 Å². The molecule has 0 bridgehead atoms. The highest BCUT2D eigenvalue weighted by molar-refractivity contribution is 5.91. The Balaban J connectivity index is 0.000000697. The first kappa shape index (κ1) is 22.6. The summed E-state index contributed by atoms with van der Waals surface area (Å²) in [6.45, 7) is 3.45. The zero-order valence-electron chi connectivity index (χ0n) is 13.5. The van der Waals surface area contributed by atoms with Gasteiger partial charge in [0.25, 0.3) is 0 Å². The van der Waals surface area contributed by atoms with Gasteiger partial charge in [-0.2, -0.15) is 13.2 Å². The van der Waals surface area contributed by atoms with Gasteiger partial charge < -0.3 is 26.2 Å². The van der Waals surface area contributed by atoms with Gasteiger partial charge in [-0.1, -0.05) is 0 Å². The number of alkyl halides is 3. The number of aliphatic carboxylic acids is 2. The van der Waals surface area contributed by atoms with E-state index in [0.29, 0.717) is 19.4 Å². The van der Waals surface area contributed by atoms with Crippen molar-refractivity contribution < 1.29 is 42.6 Å². The molecule has 144 valence electrons. The number of amides is 2. The van der Waals surface area contributed by atoms with Gasteiger partial charge >= 0.3 is 18.1 Å². The average molecular weight is 371 g/mol. The molecule has 0 unspecified atom stereocenters. The number of carbonyl (C=O) groups excluding carboxylic acids is 2. The fraction of sp³-hybridized carbons (Fsp3) is 0.692. The fourth-order valence-corrected chi connectivity index (χ4v) is 1.94. The van der Waals surface area contributed by atoms with E-state index in [2.05, 4.69) is 5.32 Å². The van der Waals surface area contributed by atoms with Crippen LogP contribution in [-0.2, 0) is 19.2 Å². The van der Waals surface area contributed by atoms with E-state index in [1.165, 1.54) is 18.7 Å². The molecule has 0 spiro atoms. The predicted octanol–water partition coefficient (Wildman–Crippen LogP) is -0.453. The maximum Gasteiger partial charge on any atom is 0.490 e. The first-order valence-corrected chi connectivity index (χ1v) is 7.18. The van der Waals surface area contributed by atoms with Crippen LogP contribution in [0.15, 0.2) is 0 Å². The Morgan fingerprint density at radius 2 is 1.68 bits per heavy atom. The van der Waals surface area contributed by atoms with E-state index in [-0.39, 0.29) is 5.91 Å². The van der Waals surface area contributed by atoms with Crippen LogP contribution in [0.25, 0.3) is 0 Å². The van der Waals surface area contributed by atoms with E-state index >= 15 is 0 Å². The summed E-state index contributed by atoms with van der Waals surface area (Å²) in [5, 5.41) is 18.6. The van der Waals surface area contributed by atoms with Crippen LogP contribution in [0.4, 0.5) is 13.2 Å². The van der Waals surface area contributed by atoms with Crippen LogP contribution < -0.4 is 11.1 Å². The van der Waals surface area contributed by atoms with Gasteiger partial charge in [0.15, 0.2) is 0 Å². The van der Waals surface area contributed by atoms with Crippen molar-refractivity contribution in [1.82, 2.24) is 10.2 Å². The van der Waals surface area contributed by atoms with E-state index in [0.717, 1.165) is 0 Å². The summed E-state index contributed by atoms with van der Waals surface area (Å²) in [4.78, 5) is 44.6. The zero-order chi connectivity index (χ0) is 19.9. The molecule has 9 nitrogen and oxygen atoms in total. The van der Waals surface area contributed by atoms with Crippen LogP contribution in [0.1, 0.15) is 26.7 Å². The second-order valence-electron chi connectivity index (χ2n) is 5.35. The highest BCUT2D eigenvalue weighted by atomic mass is 19.4. The molecule has 0 aliphatic carbocycles. The fourth-order valence-electron chi connectivity index (χ4n) is 1.94. The minimum absolute atomic E-state index is 0.381. The van der Waals surface area contributed by atoms with Crippen molar-refractivity contribution in [2.45, 2.75) is 51.0 Å². The van der Waals surface area contributed by atoms with Crippen LogP contribution in [-0.4, -0.2) is 69.7 Å². The second kappa shape index (κ2) is 9.20. The smallest absolute Gasteiger partial charge is 0.480 e. The normalized spacial score (nSPS) is 19.3. The Bertz CT molecular complexity index is 524. The standard InChI is InChI=1S/C11H19N3O4.C2HF3O2/c1-6(12)9(15)13-7(2)10(16)14-5-3-4-8(14)11(17)18;3-2(4,5)1(6)7/h6-8H,3-5,12H2,1-2H3,(H,13,15)(H,17,18);(H,6,7)/t6-,7-,8-;/m0./s1. The van der Waals surface area contributed by atoms with E-state index in [1.54, 1.807) is 0 Å². The van der Waals surface area contributed by atoms with Gasteiger partial charge in [0.2, 0.25) is 11.8 Å². The minimum atomic E-state index is -5.08. The van der Waals surface area contributed by atoms with Crippen LogP contribution in [0.2, 0.25) is 0 Å². The third-order valence-corrected chi connectivity index (χ3v) is 3.21. The van der Waals surface area contributed by atoms with Gasteiger partial charge in [-0.05, 0) is 26.7 Å². The summed E-state index contributed by atoms with van der Waals surface area (Å²) in [6.07, 6.45) is -3.97. The SMILES string of the molecule is C[C@H](N)C(=O)N[C@@H](C)C(=O)N1CCC[C@H]1C(=O)O.O=C(O)C(F)(F)F. The Labute approximate surface area is 140 Å². The quantitative estimate of drug-likeness (QED) is 0.522. The van der Waals surface area contributed by atoms with Crippen molar-refractivity contribution in [1.29, 1.82) is 0 Å². The Kier molecular flexibility index (Phi) is 8.33. The maximum absolute atomic E-state index is 12.0. The van der Waals surface area contributed by atoms with Gasteiger partial charge in [0.1, 0.15) is 12.1 Å². The number of hydrogen-bond donors (Lipinski definition) is 4. The van der Waals surface area contributed by atoms with Gasteiger partial charge in [0, 0.05) is 6.54 Å². The molecule has 12 heteroatoms. The maximum atomic E-state index is 12.0. The lowest BCUT2D eigenvalue weighted by Gasteiger charge is -2.25. The topological polar surface area (TPSA) is 150 Å². The Hall–Kier alpha value is -2.37. The van der Waals surface area contributed by atoms with Gasteiger partial charge in [0.05, 0.1) is 6.04 Å². The molecule has 0 aromatic carbocycles. The molecule has 3 atom stereocenters. The number of carboxylic acids is 2. The summed E-state index contributed by atoms with van der Waals surface area (Å²) in [5.74, 6) is -4.57. The van der Waals surface area contributed by atoms with Crippen LogP contribution in [0.3, 0.4) is 0 Å². The van der Waals surface area contributed by atoms with Crippen molar-refractivity contribution in [3.8, 4) is 0 Å². The van der Waals surface area contributed by atoms with E-state index < -0.39 is 42.1 Å². The molecular formula is C13H20F3N3O6. The average Bonchev–Trinajstić information content (AvgIpc) is 2.95. The molecule has 0 aromatic heterocycles. The van der Waals surface area contributed by atoms with Crippen molar-refractivity contribution >= 4 is 23.8 Å². The highest BCUT2D eigenvalue weighted by Gasteiger charge is 2.38. The number of carbonyl (C=O) groups is 4. The van der Waals surface area contributed by atoms with Crippen LogP contribution >= 0.6 is 0 Å². The molecule has 1 aliphatic heterocycles. The number of halogens is 3. The lowest BCUT2D eigenvalue weighted by molar-refractivity contribution is -0.192. The predicted molar refractivity (Wildman–Crippen MR) is 77.3 cm³/mol. The van der Waals surface area contributed by atoms with Crippen LogP contribution in [0.5, 0.6) is 0 Å². The number of nitrogens with one attached hydrogen (secondary N) is 1. The second-order valence-corrected chi connectivity index (χ2v) is 5.35. The largest absolute Gasteiger partial charge is 0.490 e. The van der Waals surface area contributed by atoms with Gasteiger partial charge in [-0.15, -0.1) is 0 Å². The number of likely N-dealkylation sites (tertiary alicyclic amines) is 1. The van der Waals surface area contributed by atoms with Crippen LogP contribution in [0, 0.1) is 0 Å². The zero-order valence-corrected chi connectivity index (χ0v) is 13.5. The van der Waals surface area contributed by atoms with Crippen molar-refractivity contribution in [2.24, 2.45) is 5.73 Å². The van der Waals surface area contributed by atoms with Crippen molar-refractivity contribution in [3.63, 3.8) is 0 Å². The molecule has 0 saturated carbocycles. The summed E-state index contributed by atoms with van der Waals surface area (Å²) >= 11 is 0. The Morgan fingerprint density at radius 1 is 1.20 bits per heavy atom. The summed E-state index contributed by atoms with van der Waals surface area (Å²) < 4.78 is 31.7. The number of rotatable bonds is 4. The lowest BCUT2D eigenvalue weighted by Crippen LogP contribution is -2.52. The summed E-state index contributed by atoms with van der Waals surface area (Å²) in [5.41, 5.74) is 5.38. The number of nitrogens with two attached hydrogens (primary N) is 1. The first-order chi connectivity index (χ1) is 11.3. The number of hydrogen-bond acceptors (Lipinski definition) is 5. The van der Waals surface area contributed by atoms with E-state index in [4.69, 9.17) is 20.7 Å². The molecule has 2 amide bonds. The monoisotopic (exact) mass is 371 g/mol. The Morgan fingerprint density at radius 3 is 2.04 bits per heavy atom.